The van der Waals surface area contributed by atoms with Gasteiger partial charge in [-0.05, 0) is 25.0 Å². The van der Waals surface area contributed by atoms with E-state index in [2.05, 4.69) is 15.6 Å². The number of hydrogen-bond acceptors (Lipinski definition) is 3. The van der Waals surface area contributed by atoms with Crippen molar-refractivity contribution < 1.29 is 9.59 Å². The van der Waals surface area contributed by atoms with Crippen LogP contribution in [-0.2, 0) is 16.0 Å². The first-order valence-electron chi connectivity index (χ1n) is 5.66. The van der Waals surface area contributed by atoms with Crippen LogP contribution in [0.3, 0.4) is 0 Å². The Morgan fingerprint density at radius 1 is 1.35 bits per heavy atom. The van der Waals surface area contributed by atoms with Crippen LogP contribution in [0.2, 0.25) is 0 Å². The summed E-state index contributed by atoms with van der Waals surface area (Å²) in [6, 6.07) is 5.66. The summed E-state index contributed by atoms with van der Waals surface area (Å²) in [4.78, 5) is 25.5. The fraction of sp³-hybridized carbons (Fsp3) is 0.417. The highest BCUT2D eigenvalue weighted by Gasteiger charge is 2.01. The number of rotatable bonds is 8. The predicted molar refractivity (Wildman–Crippen MR) is 64.3 cm³/mol. The maximum Gasteiger partial charge on any atom is 0.220 e. The SMILES string of the molecule is O=CNCCCNC(=O)CCc1ccccn1. The highest BCUT2D eigenvalue weighted by molar-refractivity contribution is 5.76. The summed E-state index contributed by atoms with van der Waals surface area (Å²) in [7, 11) is 0. The summed E-state index contributed by atoms with van der Waals surface area (Å²) in [5.41, 5.74) is 0.922. The Balaban J connectivity index is 2.07. The molecule has 1 aromatic heterocycles. The minimum absolute atomic E-state index is 0.0155. The Bertz CT molecular complexity index is 341. The Kier molecular flexibility index (Phi) is 6.40. The van der Waals surface area contributed by atoms with Gasteiger partial charge in [0.25, 0.3) is 0 Å². The van der Waals surface area contributed by atoms with Crippen molar-refractivity contribution >= 4 is 12.3 Å². The first kappa shape index (κ1) is 13.2. The number of amides is 2. The first-order valence-corrected chi connectivity index (χ1v) is 5.66. The first-order chi connectivity index (χ1) is 8.33. The summed E-state index contributed by atoms with van der Waals surface area (Å²) in [5.74, 6) is 0.0155. The Morgan fingerprint density at radius 3 is 2.94 bits per heavy atom. The molecule has 17 heavy (non-hydrogen) atoms. The fourth-order valence-electron chi connectivity index (χ4n) is 1.35. The third kappa shape index (κ3) is 6.29. The molecule has 1 aromatic rings. The van der Waals surface area contributed by atoms with Crippen LogP contribution in [0, 0.1) is 0 Å². The predicted octanol–water partition coefficient (Wildman–Crippen LogP) is 0.266. The number of hydrogen-bond donors (Lipinski definition) is 2. The number of aryl methyl sites for hydroxylation is 1. The monoisotopic (exact) mass is 235 g/mol. The Hall–Kier alpha value is -1.91. The topological polar surface area (TPSA) is 71.1 Å². The smallest absolute Gasteiger partial charge is 0.220 e. The molecule has 0 spiro atoms. The van der Waals surface area contributed by atoms with Crippen LogP contribution in [0.4, 0.5) is 0 Å². The molecule has 0 saturated carbocycles. The van der Waals surface area contributed by atoms with Gasteiger partial charge in [-0.1, -0.05) is 6.07 Å². The second-order valence-electron chi connectivity index (χ2n) is 3.60. The van der Waals surface area contributed by atoms with Crippen molar-refractivity contribution in [3.63, 3.8) is 0 Å². The van der Waals surface area contributed by atoms with Gasteiger partial charge in [-0.15, -0.1) is 0 Å². The van der Waals surface area contributed by atoms with Crippen molar-refractivity contribution in [3.05, 3.63) is 30.1 Å². The molecule has 0 radical (unpaired) electrons. The number of carbonyl (C=O) groups is 2. The largest absolute Gasteiger partial charge is 0.359 e. The summed E-state index contributed by atoms with van der Waals surface area (Å²) in [5, 5.41) is 5.33. The summed E-state index contributed by atoms with van der Waals surface area (Å²) >= 11 is 0. The molecule has 0 unspecified atom stereocenters. The van der Waals surface area contributed by atoms with Crippen LogP contribution >= 0.6 is 0 Å². The molecule has 5 nitrogen and oxygen atoms in total. The van der Waals surface area contributed by atoms with E-state index in [4.69, 9.17) is 0 Å². The molecule has 1 rings (SSSR count). The molecule has 5 heteroatoms. The van der Waals surface area contributed by atoms with Gasteiger partial charge in [-0.25, -0.2) is 0 Å². The van der Waals surface area contributed by atoms with Gasteiger partial charge in [0.1, 0.15) is 0 Å². The van der Waals surface area contributed by atoms with E-state index in [0.717, 1.165) is 12.1 Å². The second-order valence-corrected chi connectivity index (χ2v) is 3.60. The lowest BCUT2D eigenvalue weighted by atomic mass is 10.2. The molecule has 0 aromatic carbocycles. The van der Waals surface area contributed by atoms with Crippen molar-refractivity contribution in [2.24, 2.45) is 0 Å². The minimum Gasteiger partial charge on any atom is -0.359 e. The van der Waals surface area contributed by atoms with Crippen molar-refractivity contribution in [1.29, 1.82) is 0 Å². The molecule has 2 amide bonds. The van der Waals surface area contributed by atoms with Crippen LogP contribution < -0.4 is 10.6 Å². The highest BCUT2D eigenvalue weighted by Crippen LogP contribution is 1.97. The van der Waals surface area contributed by atoms with E-state index in [9.17, 15) is 9.59 Å². The average Bonchev–Trinajstić information content (AvgIpc) is 2.37. The third-order valence-corrected chi connectivity index (χ3v) is 2.24. The van der Waals surface area contributed by atoms with Gasteiger partial charge < -0.3 is 10.6 Å². The zero-order valence-corrected chi connectivity index (χ0v) is 9.69. The van der Waals surface area contributed by atoms with E-state index < -0.39 is 0 Å². The maximum atomic E-state index is 11.4. The van der Waals surface area contributed by atoms with E-state index in [1.54, 1.807) is 6.20 Å². The van der Waals surface area contributed by atoms with Gasteiger partial charge in [0.15, 0.2) is 0 Å². The zero-order chi connectivity index (χ0) is 12.3. The number of carbonyl (C=O) groups excluding carboxylic acids is 2. The molecule has 0 aliphatic carbocycles. The molecular formula is C12H17N3O2. The lowest BCUT2D eigenvalue weighted by Gasteiger charge is -2.04. The molecule has 0 aliphatic rings. The van der Waals surface area contributed by atoms with Gasteiger partial charge in [-0.2, -0.15) is 0 Å². The lowest BCUT2D eigenvalue weighted by Crippen LogP contribution is -2.27. The molecule has 1 heterocycles. The van der Waals surface area contributed by atoms with E-state index in [-0.39, 0.29) is 5.91 Å². The van der Waals surface area contributed by atoms with Crippen LogP contribution in [0.25, 0.3) is 0 Å². The molecule has 0 bridgehead atoms. The lowest BCUT2D eigenvalue weighted by molar-refractivity contribution is -0.121. The van der Waals surface area contributed by atoms with E-state index in [0.29, 0.717) is 32.3 Å². The van der Waals surface area contributed by atoms with Crippen LogP contribution in [0.5, 0.6) is 0 Å². The number of nitrogens with one attached hydrogen (secondary N) is 2. The summed E-state index contributed by atoms with van der Waals surface area (Å²) in [6.07, 6.45) is 4.21. The summed E-state index contributed by atoms with van der Waals surface area (Å²) < 4.78 is 0. The van der Waals surface area contributed by atoms with Crippen LogP contribution in [-0.4, -0.2) is 30.4 Å². The second kappa shape index (κ2) is 8.27. The number of aromatic nitrogens is 1. The number of nitrogens with zero attached hydrogens (tertiary/aromatic N) is 1. The quantitative estimate of drug-likeness (QED) is 0.502. The maximum absolute atomic E-state index is 11.4. The van der Waals surface area contributed by atoms with Crippen LogP contribution in [0.1, 0.15) is 18.5 Å². The van der Waals surface area contributed by atoms with E-state index in [1.165, 1.54) is 0 Å². The summed E-state index contributed by atoms with van der Waals surface area (Å²) in [6.45, 7) is 1.17. The van der Waals surface area contributed by atoms with Gasteiger partial charge in [0.05, 0.1) is 0 Å². The van der Waals surface area contributed by atoms with E-state index >= 15 is 0 Å². The molecular weight excluding hydrogens is 218 g/mol. The third-order valence-electron chi connectivity index (χ3n) is 2.24. The Labute approximate surface area is 101 Å². The molecule has 0 atom stereocenters. The van der Waals surface area contributed by atoms with Gasteiger partial charge in [0, 0.05) is 31.4 Å². The molecule has 2 N–H and O–H groups in total. The highest BCUT2D eigenvalue weighted by atomic mass is 16.1. The molecule has 0 aliphatic heterocycles. The standard InChI is InChI=1S/C12H17N3O2/c16-10-13-7-3-9-15-12(17)6-5-11-4-1-2-8-14-11/h1-2,4,8,10H,3,5-7,9H2,(H,13,16)(H,15,17). The molecule has 0 saturated heterocycles. The Morgan fingerprint density at radius 2 is 2.24 bits per heavy atom. The van der Waals surface area contributed by atoms with Crippen LogP contribution in [0.15, 0.2) is 24.4 Å². The normalized spacial score (nSPS) is 9.65. The van der Waals surface area contributed by atoms with Crippen molar-refractivity contribution in [1.82, 2.24) is 15.6 Å². The fourth-order valence-corrected chi connectivity index (χ4v) is 1.35. The zero-order valence-electron chi connectivity index (χ0n) is 9.69. The van der Waals surface area contributed by atoms with Crippen molar-refractivity contribution in [2.45, 2.75) is 19.3 Å². The van der Waals surface area contributed by atoms with Crippen molar-refractivity contribution in [3.8, 4) is 0 Å². The minimum atomic E-state index is 0.0155. The molecule has 92 valence electrons. The number of pyridine rings is 1. The van der Waals surface area contributed by atoms with Crippen molar-refractivity contribution in [2.75, 3.05) is 13.1 Å². The van der Waals surface area contributed by atoms with Gasteiger partial charge >= 0.3 is 0 Å². The van der Waals surface area contributed by atoms with E-state index in [1.807, 2.05) is 18.2 Å². The van der Waals surface area contributed by atoms with Gasteiger partial charge in [0.2, 0.25) is 12.3 Å². The molecule has 0 fully saturated rings. The van der Waals surface area contributed by atoms with Gasteiger partial charge in [-0.3, -0.25) is 14.6 Å². The average molecular weight is 235 g/mol.